The zero-order valence-electron chi connectivity index (χ0n) is 77.1. The van der Waals surface area contributed by atoms with Crippen LogP contribution in [0.1, 0.15) is 188 Å². The van der Waals surface area contributed by atoms with E-state index in [0.29, 0.717) is 172 Å². The fourth-order valence-corrected chi connectivity index (χ4v) is 23.5. The molecular formula is C117H96O18. The molecule has 18 heteroatoms. The Kier molecular flexibility index (Phi) is 19.3. The molecule has 0 radical (unpaired) electrons. The monoisotopic (exact) mass is 1790 g/mol. The molecule has 18 nitrogen and oxygen atoms in total. The highest BCUT2D eigenvalue weighted by atomic mass is 16.6. The highest BCUT2D eigenvalue weighted by molar-refractivity contribution is 5.75. The Morgan fingerprint density at radius 3 is 0.430 bits per heavy atom. The van der Waals surface area contributed by atoms with E-state index in [1.807, 2.05) is 109 Å². The van der Waals surface area contributed by atoms with E-state index in [9.17, 15) is 0 Å². The van der Waals surface area contributed by atoms with Crippen LogP contribution in [-0.4, -0.2) is 39.6 Å². The van der Waals surface area contributed by atoms with E-state index in [1.165, 1.54) is 66.8 Å². The van der Waals surface area contributed by atoms with E-state index in [2.05, 4.69) is 191 Å². The van der Waals surface area contributed by atoms with Gasteiger partial charge in [-0.2, -0.15) is 0 Å². The number of rotatable bonds is 12. The Morgan fingerprint density at radius 2 is 0.296 bits per heavy atom. The van der Waals surface area contributed by atoms with Crippen molar-refractivity contribution in [3.05, 3.63) is 249 Å². The second-order valence-corrected chi connectivity index (χ2v) is 40.5. The van der Waals surface area contributed by atoms with Gasteiger partial charge >= 0.3 is 0 Å². The van der Waals surface area contributed by atoms with Gasteiger partial charge in [0.15, 0.2) is 138 Å². The molecule has 0 N–H and O–H groups in total. The van der Waals surface area contributed by atoms with Crippen LogP contribution < -0.4 is 85.3 Å². The molecule has 672 valence electrons. The Labute approximate surface area is 785 Å². The third kappa shape index (κ3) is 14.0. The Balaban J connectivity index is 0.000000118. The Hall–Kier alpha value is -15.6. The second kappa shape index (κ2) is 30.7. The number of fused-ring (bicyclic) bond motifs is 24. The molecule has 12 aromatic carbocycles. The number of hydrogen-bond acceptors (Lipinski definition) is 18. The molecule has 12 aliphatic rings. The van der Waals surface area contributed by atoms with Crippen LogP contribution in [0.2, 0.25) is 0 Å². The average molecular weight is 1790 g/mol. The number of benzene rings is 12. The Bertz CT molecular complexity index is 7100. The molecule has 0 aromatic heterocycles. The lowest BCUT2D eigenvalue weighted by Crippen LogP contribution is -2.27. The van der Waals surface area contributed by atoms with Crippen molar-refractivity contribution in [3.8, 4) is 247 Å². The van der Waals surface area contributed by atoms with E-state index in [1.54, 1.807) is 0 Å². The molecule has 6 heterocycles. The van der Waals surface area contributed by atoms with Crippen LogP contribution in [0.25, 0.3) is 0 Å². The lowest BCUT2D eigenvalue weighted by Gasteiger charge is -2.31. The van der Waals surface area contributed by atoms with Gasteiger partial charge in [0.05, 0.1) is 0 Å². The van der Waals surface area contributed by atoms with Crippen LogP contribution in [0.4, 0.5) is 0 Å². The zero-order valence-corrected chi connectivity index (χ0v) is 77.1. The first kappa shape index (κ1) is 84.9. The van der Waals surface area contributed by atoms with Crippen molar-refractivity contribution >= 4 is 0 Å². The van der Waals surface area contributed by atoms with E-state index >= 15 is 0 Å². The molecule has 24 rings (SSSR count). The van der Waals surface area contributed by atoms with Crippen molar-refractivity contribution in [2.45, 2.75) is 170 Å². The molecule has 3 spiro atoms. The van der Waals surface area contributed by atoms with Gasteiger partial charge in [0, 0.05) is 52.6 Å². The normalized spacial score (nSPS) is 18.4. The first-order valence-corrected chi connectivity index (χ1v) is 45.3. The molecule has 0 amide bonds. The fraction of sp³-hybridized carbons (Fsp3) is 0.282. The van der Waals surface area contributed by atoms with E-state index < -0.39 is 0 Å². The van der Waals surface area contributed by atoms with Crippen LogP contribution in [-0.2, 0) is 48.7 Å². The second-order valence-electron chi connectivity index (χ2n) is 40.5. The van der Waals surface area contributed by atoms with Crippen LogP contribution >= 0.6 is 0 Å². The number of terminal acetylenes is 6. The van der Waals surface area contributed by atoms with Gasteiger partial charge in [-0.25, -0.2) is 0 Å². The van der Waals surface area contributed by atoms with Gasteiger partial charge in [-0.3, -0.25) is 0 Å². The lowest BCUT2D eigenvalue weighted by atomic mass is 9.72. The average Bonchev–Trinajstić information content (AvgIpc) is 1.53. The number of hydrogen-bond donors (Lipinski definition) is 0. The van der Waals surface area contributed by atoms with E-state index in [-0.39, 0.29) is 88.4 Å². The van der Waals surface area contributed by atoms with Crippen molar-refractivity contribution in [2.75, 3.05) is 39.6 Å². The standard InChI is InChI=1S/3C39H32O6/c1-7-13-40-23-10-12-30-31(15-23)44-34-18-26-27(19-35(34)43-30)39(22-38(26,5)6)21-37(3,4)25-17-33-36(20-28(25)39)45-32-16-24(41-14-8-2)9-11-29(32)42-33;1-7-13-40-23-9-11-29-31(15-23)44-33-17-25-27(19-35(33)42-29)39(21-37(25,3)4)22-38(5,6)26-18-34-36(20-28(26)39)43-30-12-10-24(41-14-8-2)16-32(30)45-34;1-7-13-40-23-9-11-29-31(15-23)44-35-19-27-25(17-33(35)42-29)37(3,4)21-39(27)22-38(5,6)26-18-34-36(20-28(26)39)45-32-16-24(41-14-8-2)10-12-30(32)43-34/h3*1-2,9-12,15-20H,13-14,21-22H2,3-6H3. The summed E-state index contributed by atoms with van der Waals surface area (Å²) < 4.78 is 111. The maximum atomic E-state index is 6.48. The SMILES string of the molecule is C#CCOc1ccc2c(c1)Oc1cc3c(cc1O2)C(C)(C)CC31CC(C)(C)c2cc3c(cc21)Oc1cc(OCC#C)ccc1O3.C#CCOc1ccc2c(c1)Oc1cc3c(cc1O2)C1(CC3(C)C)CC(C)(C)c2cc3c(cc21)Oc1cc(OCC#C)ccc1O3.C#CCOc1ccc2c(c1)Oc1cc3c(cc1O2)C1(CC3(C)C)CC(C)(C)c2cc3c(cc21)Oc1ccc(OCC#C)cc1O3. The summed E-state index contributed by atoms with van der Waals surface area (Å²) >= 11 is 0. The quantitative estimate of drug-likeness (QED) is 0.106. The third-order valence-electron chi connectivity index (χ3n) is 28.5. The molecule has 12 aromatic rings. The number of ether oxygens (including phenoxy) is 18. The molecule has 1 unspecified atom stereocenters. The third-order valence-corrected chi connectivity index (χ3v) is 28.5. The molecule has 0 saturated carbocycles. The fourth-order valence-electron chi connectivity index (χ4n) is 23.5. The molecule has 6 aliphatic carbocycles. The maximum Gasteiger partial charge on any atom is 0.173 e. The molecule has 0 bridgehead atoms. The van der Waals surface area contributed by atoms with Gasteiger partial charge in [-0.1, -0.05) is 119 Å². The predicted octanol–water partition coefficient (Wildman–Crippen LogP) is 27.5. The topological polar surface area (TPSA) is 166 Å². The first-order valence-electron chi connectivity index (χ1n) is 45.3. The minimum Gasteiger partial charge on any atom is -0.481 e. The van der Waals surface area contributed by atoms with Gasteiger partial charge in [0.2, 0.25) is 0 Å². The summed E-state index contributed by atoms with van der Waals surface area (Å²) in [5.74, 6) is 34.6. The predicted molar refractivity (Wildman–Crippen MR) is 512 cm³/mol. The summed E-state index contributed by atoms with van der Waals surface area (Å²) in [5, 5.41) is 0. The van der Waals surface area contributed by atoms with Crippen LogP contribution in [0.3, 0.4) is 0 Å². The van der Waals surface area contributed by atoms with Crippen LogP contribution in [0.15, 0.2) is 182 Å². The largest absolute Gasteiger partial charge is 0.481 e. The van der Waals surface area contributed by atoms with Crippen LogP contribution in [0.5, 0.6) is 172 Å². The molecule has 0 fully saturated rings. The lowest BCUT2D eigenvalue weighted by molar-refractivity contribution is 0.342. The minimum atomic E-state index is -0.259. The molecular weight excluding hydrogens is 1690 g/mol. The zero-order chi connectivity index (χ0) is 93.4. The van der Waals surface area contributed by atoms with Crippen molar-refractivity contribution in [1.82, 2.24) is 0 Å². The van der Waals surface area contributed by atoms with Crippen molar-refractivity contribution in [2.24, 2.45) is 0 Å². The highest BCUT2D eigenvalue weighted by Gasteiger charge is 2.61. The van der Waals surface area contributed by atoms with Gasteiger partial charge in [-0.05, 0) is 283 Å². The van der Waals surface area contributed by atoms with Crippen molar-refractivity contribution in [3.63, 3.8) is 0 Å². The summed E-state index contributed by atoms with van der Waals surface area (Å²) in [6, 6.07) is 59.2. The van der Waals surface area contributed by atoms with Gasteiger partial charge in [0.1, 0.15) is 74.1 Å². The van der Waals surface area contributed by atoms with Gasteiger partial charge in [-0.15, -0.1) is 38.5 Å². The smallest absolute Gasteiger partial charge is 0.173 e. The van der Waals surface area contributed by atoms with Crippen molar-refractivity contribution in [1.29, 1.82) is 0 Å². The summed E-state index contributed by atoms with van der Waals surface area (Å²) in [5.41, 5.74) is 13.7. The van der Waals surface area contributed by atoms with Gasteiger partial charge < -0.3 is 85.3 Å². The van der Waals surface area contributed by atoms with Crippen LogP contribution in [0, 0.1) is 74.1 Å². The van der Waals surface area contributed by atoms with Gasteiger partial charge in [0.25, 0.3) is 0 Å². The molecule has 0 saturated heterocycles. The minimum absolute atomic E-state index is 0.104. The summed E-state index contributed by atoms with van der Waals surface area (Å²) in [6.45, 7) is 28.9. The van der Waals surface area contributed by atoms with E-state index in [4.69, 9.17) is 124 Å². The molecule has 1 atom stereocenters. The Morgan fingerprint density at radius 1 is 0.178 bits per heavy atom. The first-order chi connectivity index (χ1) is 64.8. The highest BCUT2D eigenvalue weighted by Crippen LogP contribution is 2.72. The van der Waals surface area contributed by atoms with E-state index in [0.717, 1.165) is 38.5 Å². The maximum absolute atomic E-state index is 6.48. The summed E-state index contributed by atoms with van der Waals surface area (Å²) in [6.07, 6.45) is 37.9. The molecule has 135 heavy (non-hydrogen) atoms. The molecule has 6 aliphatic heterocycles. The summed E-state index contributed by atoms with van der Waals surface area (Å²) in [4.78, 5) is 0. The summed E-state index contributed by atoms with van der Waals surface area (Å²) in [7, 11) is 0. The van der Waals surface area contributed by atoms with Crippen molar-refractivity contribution < 1.29 is 85.3 Å².